The van der Waals surface area contributed by atoms with Crippen LogP contribution in [-0.2, 0) is 6.54 Å². The van der Waals surface area contributed by atoms with Gasteiger partial charge in [0.15, 0.2) is 5.75 Å². The highest BCUT2D eigenvalue weighted by molar-refractivity contribution is 6.05. The Morgan fingerprint density at radius 3 is 2.67 bits per heavy atom. The predicted octanol–water partition coefficient (Wildman–Crippen LogP) is 4.04. The van der Waals surface area contributed by atoms with Gasteiger partial charge in [0.2, 0.25) is 0 Å². The molecule has 0 saturated heterocycles. The maximum absolute atomic E-state index is 12.5. The SMILES string of the molecule is CCCCn1cc(C(=O)O)c2cccc(OC(F)(F)F)c21. The van der Waals surface area contributed by atoms with Gasteiger partial charge in [-0.1, -0.05) is 25.5 Å². The molecule has 0 bridgehead atoms. The van der Waals surface area contributed by atoms with Crippen LogP contribution in [0.15, 0.2) is 24.4 Å². The zero-order chi connectivity index (χ0) is 15.6. The number of benzene rings is 1. The summed E-state index contributed by atoms with van der Waals surface area (Å²) in [6.07, 6.45) is -1.91. The Morgan fingerprint density at radius 2 is 2.10 bits per heavy atom. The van der Waals surface area contributed by atoms with Crippen molar-refractivity contribution in [1.29, 1.82) is 0 Å². The molecule has 0 saturated carbocycles. The average Bonchev–Trinajstić information content (AvgIpc) is 2.74. The van der Waals surface area contributed by atoms with Crippen molar-refractivity contribution < 1.29 is 27.8 Å². The number of hydrogen-bond donors (Lipinski definition) is 1. The average molecular weight is 301 g/mol. The molecule has 0 spiro atoms. The highest BCUT2D eigenvalue weighted by atomic mass is 19.4. The monoisotopic (exact) mass is 301 g/mol. The first-order valence-corrected chi connectivity index (χ1v) is 6.44. The Morgan fingerprint density at radius 1 is 1.38 bits per heavy atom. The van der Waals surface area contributed by atoms with E-state index in [1.54, 1.807) is 0 Å². The Bertz CT molecular complexity index is 661. The van der Waals surface area contributed by atoms with Crippen LogP contribution in [0.3, 0.4) is 0 Å². The number of fused-ring (bicyclic) bond motifs is 1. The highest BCUT2D eigenvalue weighted by Gasteiger charge is 2.32. The first-order chi connectivity index (χ1) is 9.83. The van der Waals surface area contributed by atoms with E-state index in [1.807, 2.05) is 6.92 Å². The van der Waals surface area contributed by atoms with E-state index in [0.717, 1.165) is 12.8 Å². The lowest BCUT2D eigenvalue weighted by Gasteiger charge is -2.12. The number of halogens is 3. The van der Waals surface area contributed by atoms with Crippen molar-refractivity contribution >= 4 is 16.9 Å². The van der Waals surface area contributed by atoms with Gasteiger partial charge in [-0.05, 0) is 12.5 Å². The van der Waals surface area contributed by atoms with Gasteiger partial charge in [0, 0.05) is 18.1 Å². The van der Waals surface area contributed by atoms with Gasteiger partial charge < -0.3 is 14.4 Å². The van der Waals surface area contributed by atoms with Crippen molar-refractivity contribution in [3.8, 4) is 5.75 Å². The van der Waals surface area contributed by atoms with E-state index in [4.69, 9.17) is 5.11 Å². The molecule has 7 heteroatoms. The van der Waals surface area contributed by atoms with Gasteiger partial charge in [-0.25, -0.2) is 4.79 Å². The first-order valence-electron chi connectivity index (χ1n) is 6.44. The third-order valence-electron chi connectivity index (χ3n) is 3.07. The number of para-hydroxylation sites is 1. The lowest BCUT2D eigenvalue weighted by Crippen LogP contribution is -2.17. The molecule has 0 radical (unpaired) electrons. The maximum Gasteiger partial charge on any atom is 0.573 e. The number of carboxylic acid groups (broad SMARTS) is 1. The van der Waals surface area contributed by atoms with Gasteiger partial charge >= 0.3 is 12.3 Å². The Hall–Kier alpha value is -2.18. The second-order valence-electron chi connectivity index (χ2n) is 4.59. The van der Waals surface area contributed by atoms with Crippen LogP contribution >= 0.6 is 0 Å². The van der Waals surface area contributed by atoms with Crippen molar-refractivity contribution in [2.45, 2.75) is 32.7 Å². The van der Waals surface area contributed by atoms with Crippen molar-refractivity contribution in [3.05, 3.63) is 30.0 Å². The molecule has 21 heavy (non-hydrogen) atoms. The van der Waals surface area contributed by atoms with Gasteiger partial charge in [0.1, 0.15) is 0 Å². The molecule has 2 aromatic rings. The number of carboxylic acids is 1. The normalized spacial score (nSPS) is 11.8. The minimum absolute atomic E-state index is 0.0336. The molecular formula is C14H14F3NO3. The summed E-state index contributed by atoms with van der Waals surface area (Å²) in [5, 5.41) is 9.41. The molecule has 0 unspecified atom stereocenters. The van der Waals surface area contributed by atoms with E-state index >= 15 is 0 Å². The number of aromatic nitrogens is 1. The maximum atomic E-state index is 12.5. The molecule has 0 amide bonds. The summed E-state index contributed by atoms with van der Waals surface area (Å²) in [6.45, 7) is 2.37. The number of ether oxygens (including phenoxy) is 1. The number of rotatable bonds is 5. The molecule has 1 N–H and O–H groups in total. The van der Waals surface area contributed by atoms with Crippen LogP contribution < -0.4 is 4.74 Å². The van der Waals surface area contributed by atoms with Gasteiger partial charge in [0.05, 0.1) is 11.1 Å². The van der Waals surface area contributed by atoms with E-state index in [0.29, 0.717) is 6.54 Å². The largest absolute Gasteiger partial charge is 0.573 e. The van der Waals surface area contributed by atoms with Crippen molar-refractivity contribution in [2.24, 2.45) is 0 Å². The molecule has 2 rings (SSSR count). The summed E-state index contributed by atoms with van der Waals surface area (Å²) in [7, 11) is 0. The standard InChI is InChI=1S/C14H14F3NO3/c1-2-3-7-18-8-10(13(19)20)9-5-4-6-11(12(9)18)21-14(15,16)17/h4-6,8H,2-3,7H2,1H3,(H,19,20). The summed E-state index contributed by atoms with van der Waals surface area (Å²) in [5.41, 5.74) is 0.120. The molecule has 0 fully saturated rings. The Labute approximate surface area is 118 Å². The number of aromatic carboxylic acids is 1. The predicted molar refractivity (Wildman–Crippen MR) is 70.5 cm³/mol. The molecule has 0 aliphatic heterocycles. The lowest BCUT2D eigenvalue weighted by atomic mass is 10.1. The summed E-state index contributed by atoms with van der Waals surface area (Å²) < 4.78 is 42.9. The minimum Gasteiger partial charge on any atom is -0.478 e. The molecular weight excluding hydrogens is 287 g/mol. The summed E-state index contributed by atoms with van der Waals surface area (Å²) >= 11 is 0. The number of nitrogens with zero attached hydrogens (tertiary/aromatic N) is 1. The van der Waals surface area contributed by atoms with E-state index < -0.39 is 12.3 Å². The van der Waals surface area contributed by atoms with Gasteiger partial charge in [-0.3, -0.25) is 0 Å². The van der Waals surface area contributed by atoms with Crippen molar-refractivity contribution in [2.75, 3.05) is 0 Å². The fraction of sp³-hybridized carbons (Fsp3) is 0.357. The van der Waals surface area contributed by atoms with E-state index in [9.17, 15) is 18.0 Å². The lowest BCUT2D eigenvalue weighted by molar-refractivity contribution is -0.274. The van der Waals surface area contributed by atoms with E-state index in [1.165, 1.54) is 29.0 Å². The van der Waals surface area contributed by atoms with Crippen LogP contribution in [-0.4, -0.2) is 22.0 Å². The molecule has 4 nitrogen and oxygen atoms in total. The molecule has 1 aromatic heterocycles. The summed E-state index contributed by atoms with van der Waals surface area (Å²) in [4.78, 5) is 11.2. The molecule has 0 aliphatic rings. The highest BCUT2D eigenvalue weighted by Crippen LogP contribution is 2.33. The zero-order valence-electron chi connectivity index (χ0n) is 11.3. The summed E-state index contributed by atoms with van der Waals surface area (Å²) in [6, 6.07) is 4.01. The minimum atomic E-state index is -4.82. The molecule has 1 heterocycles. The Kier molecular flexibility index (Phi) is 4.11. The van der Waals surface area contributed by atoms with Crippen LogP contribution in [0.25, 0.3) is 10.9 Å². The summed E-state index contributed by atoms with van der Waals surface area (Å²) in [5.74, 6) is -1.57. The molecule has 0 aliphatic carbocycles. The quantitative estimate of drug-likeness (QED) is 0.906. The van der Waals surface area contributed by atoms with Crippen LogP contribution in [0.5, 0.6) is 5.75 Å². The Balaban J connectivity index is 2.61. The smallest absolute Gasteiger partial charge is 0.478 e. The number of hydrogen-bond acceptors (Lipinski definition) is 2. The number of alkyl halides is 3. The second-order valence-corrected chi connectivity index (χ2v) is 4.59. The molecule has 0 atom stereocenters. The number of carbonyl (C=O) groups is 1. The first kappa shape index (κ1) is 15.2. The van der Waals surface area contributed by atoms with Crippen molar-refractivity contribution in [1.82, 2.24) is 4.57 Å². The second kappa shape index (κ2) is 5.67. The number of aryl methyl sites for hydroxylation is 1. The zero-order valence-corrected chi connectivity index (χ0v) is 11.3. The van der Waals surface area contributed by atoms with Crippen LogP contribution in [0, 0.1) is 0 Å². The van der Waals surface area contributed by atoms with Gasteiger partial charge in [-0.2, -0.15) is 0 Å². The van der Waals surface area contributed by atoms with Crippen LogP contribution in [0.4, 0.5) is 13.2 Å². The van der Waals surface area contributed by atoms with Gasteiger partial charge in [-0.15, -0.1) is 13.2 Å². The number of unbranched alkanes of at least 4 members (excludes halogenated alkanes) is 1. The van der Waals surface area contributed by atoms with Crippen LogP contribution in [0.1, 0.15) is 30.1 Å². The van der Waals surface area contributed by atoms with E-state index in [2.05, 4.69) is 4.74 Å². The van der Waals surface area contributed by atoms with E-state index in [-0.39, 0.29) is 22.2 Å². The topological polar surface area (TPSA) is 51.5 Å². The fourth-order valence-corrected chi connectivity index (χ4v) is 2.21. The van der Waals surface area contributed by atoms with Crippen molar-refractivity contribution in [3.63, 3.8) is 0 Å². The third kappa shape index (κ3) is 3.29. The fourth-order valence-electron chi connectivity index (χ4n) is 2.21. The molecule has 1 aromatic carbocycles. The third-order valence-corrected chi connectivity index (χ3v) is 3.07. The van der Waals surface area contributed by atoms with Gasteiger partial charge in [0.25, 0.3) is 0 Å². The van der Waals surface area contributed by atoms with Crippen LogP contribution in [0.2, 0.25) is 0 Å². The molecule has 114 valence electrons.